The molecule has 1 rings (SSSR count). The maximum absolute atomic E-state index is 5.63. The van der Waals surface area contributed by atoms with Gasteiger partial charge in [-0.1, -0.05) is 32.4 Å². The molecule has 0 radical (unpaired) electrons. The van der Waals surface area contributed by atoms with E-state index in [4.69, 9.17) is 9.05 Å². The molecule has 1 heterocycles. The molecule has 14 heavy (non-hydrogen) atoms. The van der Waals surface area contributed by atoms with Gasteiger partial charge in [0, 0.05) is 6.42 Å². The molecule has 0 aromatic heterocycles. The summed E-state index contributed by atoms with van der Waals surface area (Å²) in [5, 5.41) is 0. The summed E-state index contributed by atoms with van der Waals surface area (Å²) >= 11 is 0. The highest BCUT2D eigenvalue weighted by molar-refractivity contribution is 7.26. The molecule has 3 atom stereocenters. The molecule has 0 amide bonds. The third-order valence-corrected chi connectivity index (χ3v) is 3.10. The van der Waals surface area contributed by atoms with Crippen LogP contribution in [0.2, 0.25) is 0 Å². The van der Waals surface area contributed by atoms with Gasteiger partial charge < -0.3 is 9.05 Å². The van der Waals surface area contributed by atoms with Crippen LogP contribution in [-0.4, -0.2) is 12.2 Å². The summed E-state index contributed by atoms with van der Waals surface area (Å²) in [7, 11) is 0.191. The van der Waals surface area contributed by atoms with Crippen molar-refractivity contribution in [1.82, 2.24) is 0 Å². The molecule has 1 aliphatic heterocycles. The second-order valence-electron chi connectivity index (χ2n) is 5.19. The van der Waals surface area contributed by atoms with Gasteiger partial charge >= 0.3 is 0 Å². The molecule has 0 aromatic carbocycles. The Morgan fingerprint density at radius 2 is 1.93 bits per heavy atom. The molecule has 0 aromatic rings. The van der Waals surface area contributed by atoms with E-state index in [9.17, 15) is 0 Å². The van der Waals surface area contributed by atoms with Crippen molar-refractivity contribution in [2.75, 3.05) is 0 Å². The minimum absolute atomic E-state index is 0.191. The maximum atomic E-state index is 5.63. The molecule has 0 spiro atoms. The zero-order valence-corrected chi connectivity index (χ0v) is 10.8. The van der Waals surface area contributed by atoms with Crippen molar-refractivity contribution in [2.45, 2.75) is 53.2 Å². The Kier molecular flexibility index (Phi) is 4.12. The van der Waals surface area contributed by atoms with Crippen molar-refractivity contribution in [3.8, 4) is 0 Å². The van der Waals surface area contributed by atoms with Gasteiger partial charge in [0.25, 0.3) is 0 Å². The first kappa shape index (κ1) is 12.2. The van der Waals surface area contributed by atoms with Gasteiger partial charge in [0.15, 0.2) is 9.03 Å². The molecule has 82 valence electrons. The van der Waals surface area contributed by atoms with Crippen LogP contribution in [0.3, 0.4) is 0 Å². The minimum atomic E-state index is 0.191. The van der Waals surface area contributed by atoms with E-state index in [0.717, 1.165) is 6.42 Å². The minimum Gasteiger partial charge on any atom is -0.332 e. The fourth-order valence-electron chi connectivity index (χ4n) is 1.46. The van der Waals surface area contributed by atoms with E-state index in [0.29, 0.717) is 6.10 Å². The van der Waals surface area contributed by atoms with Crippen molar-refractivity contribution < 1.29 is 9.05 Å². The van der Waals surface area contributed by atoms with E-state index in [2.05, 4.69) is 40.7 Å². The van der Waals surface area contributed by atoms with Crippen LogP contribution in [-0.2, 0) is 9.05 Å². The lowest BCUT2D eigenvalue weighted by atomic mass is 9.86. The van der Waals surface area contributed by atoms with Crippen molar-refractivity contribution in [2.24, 2.45) is 5.41 Å². The lowest BCUT2D eigenvalue weighted by molar-refractivity contribution is 0.0190. The van der Waals surface area contributed by atoms with E-state index < -0.39 is 0 Å². The molecule has 2 nitrogen and oxygen atoms in total. The third-order valence-electron chi connectivity index (χ3n) is 2.32. The largest absolute Gasteiger partial charge is 0.332 e. The van der Waals surface area contributed by atoms with Gasteiger partial charge in [-0.2, -0.15) is 0 Å². The molecule has 1 aliphatic rings. The summed E-state index contributed by atoms with van der Waals surface area (Å²) in [6.07, 6.45) is 3.72. The highest BCUT2D eigenvalue weighted by atomic mass is 31.1. The summed E-state index contributed by atoms with van der Waals surface area (Å²) in [6, 6.07) is 0. The van der Waals surface area contributed by atoms with E-state index >= 15 is 0 Å². The Balaban J connectivity index is 2.57. The van der Waals surface area contributed by atoms with E-state index in [-0.39, 0.29) is 20.6 Å². The van der Waals surface area contributed by atoms with E-state index in [1.165, 1.54) is 5.57 Å². The summed E-state index contributed by atoms with van der Waals surface area (Å²) in [6.45, 7) is 10.9. The first-order valence-corrected chi connectivity index (χ1v) is 5.92. The van der Waals surface area contributed by atoms with Gasteiger partial charge in [0.05, 0.1) is 12.2 Å². The fourth-order valence-corrected chi connectivity index (χ4v) is 2.37. The zero-order valence-electron chi connectivity index (χ0n) is 9.76. The van der Waals surface area contributed by atoms with Gasteiger partial charge in [0.1, 0.15) is 0 Å². The molecule has 0 aliphatic carbocycles. The average molecular weight is 216 g/mol. The highest BCUT2D eigenvalue weighted by Gasteiger charge is 2.31. The predicted molar refractivity (Wildman–Crippen MR) is 61.6 cm³/mol. The zero-order chi connectivity index (χ0) is 10.8. The van der Waals surface area contributed by atoms with Crippen LogP contribution in [0.5, 0.6) is 0 Å². The number of hydrogen-bond donors (Lipinski definition) is 0. The summed E-state index contributed by atoms with van der Waals surface area (Å²) in [5.41, 5.74) is 1.53. The van der Waals surface area contributed by atoms with Crippen molar-refractivity contribution >= 4 is 9.03 Å². The normalized spacial score (nSPS) is 30.4. The molecular weight excluding hydrogens is 195 g/mol. The first-order chi connectivity index (χ1) is 6.39. The standard InChI is InChI=1S/C11H21O2P/c1-8(2)6-9-7-10(11(3,4)5)13-14-12-9/h6,9-10,14H,7H2,1-5H3. The van der Waals surface area contributed by atoms with E-state index in [1.54, 1.807) is 0 Å². The lowest BCUT2D eigenvalue weighted by Gasteiger charge is -2.36. The van der Waals surface area contributed by atoms with Crippen LogP contribution < -0.4 is 0 Å². The Morgan fingerprint density at radius 1 is 1.29 bits per heavy atom. The molecule has 1 fully saturated rings. The van der Waals surface area contributed by atoms with Crippen LogP contribution in [0.4, 0.5) is 0 Å². The van der Waals surface area contributed by atoms with Gasteiger partial charge in [-0.25, -0.2) is 0 Å². The lowest BCUT2D eigenvalue weighted by Crippen LogP contribution is -2.34. The Hall–Kier alpha value is 0.0900. The summed E-state index contributed by atoms with van der Waals surface area (Å²) in [5.74, 6) is 0. The van der Waals surface area contributed by atoms with Crippen LogP contribution in [0.15, 0.2) is 11.6 Å². The van der Waals surface area contributed by atoms with Crippen molar-refractivity contribution in [3.63, 3.8) is 0 Å². The number of allylic oxidation sites excluding steroid dienone is 1. The third kappa shape index (κ3) is 3.68. The number of hydrogen-bond acceptors (Lipinski definition) is 2. The molecule has 3 unspecified atom stereocenters. The second kappa shape index (κ2) is 4.74. The average Bonchev–Trinajstić information content (AvgIpc) is 2.01. The van der Waals surface area contributed by atoms with E-state index in [1.807, 2.05) is 0 Å². The molecular formula is C11H21O2P. The highest BCUT2D eigenvalue weighted by Crippen LogP contribution is 2.38. The second-order valence-corrected chi connectivity index (χ2v) is 5.83. The Morgan fingerprint density at radius 3 is 2.43 bits per heavy atom. The first-order valence-electron chi connectivity index (χ1n) is 5.11. The predicted octanol–water partition coefficient (Wildman–Crippen LogP) is 3.68. The summed E-state index contributed by atoms with van der Waals surface area (Å²) in [4.78, 5) is 0. The Bertz CT molecular complexity index is 214. The molecule has 0 N–H and O–H groups in total. The van der Waals surface area contributed by atoms with Gasteiger partial charge in [0.2, 0.25) is 0 Å². The number of rotatable bonds is 1. The van der Waals surface area contributed by atoms with Crippen molar-refractivity contribution in [3.05, 3.63) is 11.6 Å². The fraction of sp³-hybridized carbons (Fsp3) is 0.818. The quantitative estimate of drug-likeness (QED) is 0.491. The van der Waals surface area contributed by atoms with Crippen LogP contribution in [0.25, 0.3) is 0 Å². The molecule has 0 saturated carbocycles. The smallest absolute Gasteiger partial charge is 0.155 e. The monoisotopic (exact) mass is 216 g/mol. The van der Waals surface area contributed by atoms with Crippen molar-refractivity contribution in [1.29, 1.82) is 0 Å². The SMILES string of the molecule is CC(C)=CC1CC(C(C)(C)C)OPO1. The molecule has 1 saturated heterocycles. The van der Waals surface area contributed by atoms with Gasteiger partial charge in [-0.15, -0.1) is 0 Å². The van der Waals surface area contributed by atoms with Crippen LogP contribution >= 0.6 is 9.03 Å². The molecule has 0 bridgehead atoms. The molecule has 3 heteroatoms. The summed E-state index contributed by atoms with van der Waals surface area (Å²) < 4.78 is 11.2. The maximum Gasteiger partial charge on any atom is 0.155 e. The van der Waals surface area contributed by atoms with Gasteiger partial charge in [-0.3, -0.25) is 0 Å². The topological polar surface area (TPSA) is 18.5 Å². The van der Waals surface area contributed by atoms with Crippen LogP contribution in [0.1, 0.15) is 41.0 Å². The van der Waals surface area contributed by atoms with Gasteiger partial charge in [-0.05, 0) is 19.3 Å². The Labute approximate surface area is 89.0 Å². The van der Waals surface area contributed by atoms with Crippen LogP contribution in [0, 0.1) is 5.41 Å².